The molecule has 4 heteroatoms. The number of hydrogen-bond donors (Lipinski definition) is 3. The van der Waals surface area contributed by atoms with Gasteiger partial charge in [0, 0.05) is 11.8 Å². The second-order valence-electron chi connectivity index (χ2n) is 10.7. The van der Waals surface area contributed by atoms with Crippen molar-refractivity contribution in [3.05, 3.63) is 69.8 Å². The fourth-order valence-corrected chi connectivity index (χ4v) is 5.35. The third-order valence-corrected chi connectivity index (χ3v) is 7.56. The van der Waals surface area contributed by atoms with E-state index in [1.54, 1.807) is 11.1 Å². The van der Waals surface area contributed by atoms with Gasteiger partial charge in [-0.2, -0.15) is 5.10 Å². The minimum absolute atomic E-state index is 0.160. The lowest BCUT2D eigenvalue weighted by atomic mass is 9.62. The smallest absolute Gasteiger partial charge is 0.125 e. The van der Waals surface area contributed by atoms with Crippen LogP contribution >= 0.6 is 0 Å². The van der Waals surface area contributed by atoms with Gasteiger partial charge in [-0.25, -0.2) is 11.4 Å². The van der Waals surface area contributed by atoms with Gasteiger partial charge in [0.2, 0.25) is 0 Å². The van der Waals surface area contributed by atoms with E-state index in [0.717, 1.165) is 5.56 Å². The van der Waals surface area contributed by atoms with E-state index in [-0.39, 0.29) is 16.2 Å². The number of amidine groups is 1. The first kappa shape index (κ1) is 20.9. The third kappa shape index (κ3) is 3.51. The van der Waals surface area contributed by atoms with E-state index in [4.69, 9.17) is 11.6 Å². The highest BCUT2D eigenvalue weighted by Crippen LogP contribution is 2.56. The minimum Gasteiger partial charge on any atom is -0.385 e. The van der Waals surface area contributed by atoms with Crippen LogP contribution in [-0.2, 0) is 22.7 Å². The van der Waals surface area contributed by atoms with E-state index < -0.39 is 0 Å². The molecule has 0 saturated heterocycles. The van der Waals surface area contributed by atoms with E-state index in [1.165, 1.54) is 42.4 Å². The summed E-state index contributed by atoms with van der Waals surface area (Å²) < 4.78 is 0. The van der Waals surface area contributed by atoms with Gasteiger partial charge in [-0.15, -0.1) is 0 Å². The Hall–Kier alpha value is -2.33. The summed E-state index contributed by atoms with van der Waals surface area (Å²) in [4.78, 5) is 0. The Kier molecular flexibility index (Phi) is 4.97. The second-order valence-corrected chi connectivity index (χ2v) is 10.7. The van der Waals surface area contributed by atoms with Crippen LogP contribution in [0.3, 0.4) is 0 Å². The first-order valence-corrected chi connectivity index (χ1v) is 11.1. The van der Waals surface area contributed by atoms with Gasteiger partial charge in [-0.05, 0) is 76.8 Å². The van der Waals surface area contributed by atoms with Crippen LogP contribution in [0.2, 0.25) is 0 Å². The standard InChI is InChI=1S/C26H36N4/c1-17-14-21-22(25(4,5)11-10-24(21,2)3)16-20(17)26(12-13-26)19-8-6-18(7-9-19)15-23(27)29-30-28/h6-9,14,16,30H,10-13,15,28H2,1-5H3,(H2,27,29). The number of nitrogens with one attached hydrogen (secondary N) is 1. The van der Waals surface area contributed by atoms with Crippen LogP contribution in [0.15, 0.2) is 41.5 Å². The summed E-state index contributed by atoms with van der Waals surface area (Å²) in [5.74, 6) is 5.71. The fraction of sp³-hybridized carbons (Fsp3) is 0.500. The molecule has 0 heterocycles. The van der Waals surface area contributed by atoms with E-state index in [0.29, 0.717) is 12.3 Å². The van der Waals surface area contributed by atoms with Crippen molar-refractivity contribution in [3.63, 3.8) is 0 Å². The second kappa shape index (κ2) is 7.12. The van der Waals surface area contributed by atoms with Gasteiger partial charge >= 0.3 is 0 Å². The summed E-state index contributed by atoms with van der Waals surface area (Å²) in [6.45, 7) is 11.9. The molecule has 0 unspecified atom stereocenters. The van der Waals surface area contributed by atoms with Crippen molar-refractivity contribution in [3.8, 4) is 0 Å². The summed E-state index contributed by atoms with van der Waals surface area (Å²) >= 11 is 0. The molecule has 0 spiro atoms. The molecule has 4 rings (SSSR count). The Balaban J connectivity index is 1.72. The van der Waals surface area contributed by atoms with Gasteiger partial charge in [-0.3, -0.25) is 0 Å². The molecule has 2 aromatic carbocycles. The van der Waals surface area contributed by atoms with Crippen molar-refractivity contribution in [2.24, 2.45) is 16.7 Å². The van der Waals surface area contributed by atoms with Gasteiger partial charge in [0.15, 0.2) is 0 Å². The van der Waals surface area contributed by atoms with Crippen molar-refractivity contribution in [2.75, 3.05) is 0 Å². The predicted octanol–water partition coefficient (Wildman–Crippen LogP) is 4.70. The normalized spacial score (nSPS) is 21.1. The molecule has 1 fully saturated rings. The number of nitrogens with zero attached hydrogens (tertiary/aromatic N) is 1. The number of hydrazone groups is 1. The number of aryl methyl sites for hydroxylation is 1. The van der Waals surface area contributed by atoms with Gasteiger partial charge in [0.1, 0.15) is 5.84 Å². The molecular formula is C26H36N4. The molecule has 0 atom stereocenters. The quantitative estimate of drug-likeness (QED) is 0.292. The molecule has 0 aromatic heterocycles. The minimum atomic E-state index is 0.160. The van der Waals surface area contributed by atoms with Crippen LogP contribution < -0.4 is 17.1 Å². The molecule has 2 aliphatic rings. The highest BCUT2D eigenvalue weighted by molar-refractivity contribution is 5.82. The van der Waals surface area contributed by atoms with E-state index in [9.17, 15) is 0 Å². The summed E-state index contributed by atoms with van der Waals surface area (Å²) in [5, 5.41) is 3.85. The maximum absolute atomic E-state index is 5.88. The summed E-state index contributed by atoms with van der Waals surface area (Å²) in [7, 11) is 0. The number of rotatable bonds is 5. The average molecular weight is 405 g/mol. The molecule has 2 aliphatic carbocycles. The molecule has 30 heavy (non-hydrogen) atoms. The van der Waals surface area contributed by atoms with Crippen LogP contribution in [0.4, 0.5) is 0 Å². The van der Waals surface area contributed by atoms with Crippen molar-refractivity contribution < 1.29 is 0 Å². The maximum atomic E-state index is 5.88. The molecule has 0 bridgehead atoms. The number of hydrogen-bond acceptors (Lipinski definition) is 3. The molecule has 0 amide bonds. The van der Waals surface area contributed by atoms with Crippen molar-refractivity contribution in [1.82, 2.24) is 5.53 Å². The average Bonchev–Trinajstić information content (AvgIpc) is 3.48. The number of fused-ring (bicyclic) bond motifs is 1. The monoisotopic (exact) mass is 404 g/mol. The van der Waals surface area contributed by atoms with Crippen LogP contribution in [0.25, 0.3) is 0 Å². The molecule has 0 aliphatic heterocycles. The predicted molar refractivity (Wildman–Crippen MR) is 126 cm³/mol. The molecule has 160 valence electrons. The van der Waals surface area contributed by atoms with Gasteiger partial charge < -0.3 is 5.73 Å². The molecule has 0 radical (unpaired) electrons. The highest BCUT2D eigenvalue weighted by Gasteiger charge is 2.48. The molecule has 4 nitrogen and oxygen atoms in total. The summed E-state index contributed by atoms with van der Waals surface area (Å²) in [6, 6.07) is 14.0. The lowest BCUT2D eigenvalue weighted by molar-refractivity contribution is 0.331. The molecule has 1 saturated carbocycles. The van der Waals surface area contributed by atoms with Gasteiger partial charge in [-0.1, -0.05) is 64.1 Å². The third-order valence-electron chi connectivity index (χ3n) is 7.56. The molecule has 2 aromatic rings. The highest BCUT2D eigenvalue weighted by atomic mass is 15.5. The fourth-order valence-electron chi connectivity index (χ4n) is 5.35. The zero-order valence-electron chi connectivity index (χ0n) is 19.1. The van der Waals surface area contributed by atoms with Crippen molar-refractivity contribution >= 4 is 5.84 Å². The van der Waals surface area contributed by atoms with E-state index in [2.05, 4.69) is 81.7 Å². The topological polar surface area (TPSA) is 76.4 Å². The van der Waals surface area contributed by atoms with Gasteiger partial charge in [0.05, 0.1) is 0 Å². The lowest BCUT2D eigenvalue weighted by Crippen LogP contribution is -2.34. The molecule has 5 N–H and O–H groups in total. The number of benzene rings is 2. The first-order valence-electron chi connectivity index (χ1n) is 11.1. The van der Waals surface area contributed by atoms with Crippen LogP contribution in [0.5, 0.6) is 0 Å². The maximum Gasteiger partial charge on any atom is 0.125 e. The van der Waals surface area contributed by atoms with Gasteiger partial charge in [0.25, 0.3) is 0 Å². The Morgan fingerprint density at radius 2 is 1.47 bits per heavy atom. The van der Waals surface area contributed by atoms with E-state index >= 15 is 0 Å². The van der Waals surface area contributed by atoms with Crippen molar-refractivity contribution in [2.45, 2.75) is 83.0 Å². The first-order chi connectivity index (χ1) is 14.1. The largest absolute Gasteiger partial charge is 0.385 e. The van der Waals surface area contributed by atoms with Crippen LogP contribution in [-0.4, -0.2) is 5.84 Å². The zero-order chi connectivity index (χ0) is 21.7. The van der Waals surface area contributed by atoms with Crippen LogP contribution in [0.1, 0.15) is 86.8 Å². The number of nitrogens with two attached hydrogens (primary N) is 2. The Labute approximate surface area is 181 Å². The van der Waals surface area contributed by atoms with E-state index in [1.807, 2.05) is 0 Å². The summed E-state index contributed by atoms with van der Waals surface area (Å²) in [6.07, 6.45) is 5.54. The number of hydrazine groups is 1. The van der Waals surface area contributed by atoms with Crippen LogP contribution in [0, 0.1) is 6.92 Å². The SMILES string of the molecule is Cc1cc2c(cc1C1(c3ccc(C/C(N)=N/NN)cc3)CC1)C(C)(C)CCC2(C)C. The Morgan fingerprint density at radius 1 is 0.900 bits per heavy atom. The lowest BCUT2D eigenvalue weighted by Gasteiger charge is -2.43. The molecular weight excluding hydrogens is 368 g/mol. The zero-order valence-corrected chi connectivity index (χ0v) is 19.1. The van der Waals surface area contributed by atoms with Crippen molar-refractivity contribution in [1.29, 1.82) is 0 Å². The Bertz CT molecular complexity index is 979. The summed E-state index contributed by atoms with van der Waals surface area (Å²) in [5.41, 5.74) is 17.4. The Morgan fingerprint density at radius 3 is 2.00 bits per heavy atom.